The number of allylic oxidation sites excluding steroid dienone is 1. The summed E-state index contributed by atoms with van der Waals surface area (Å²) in [5.74, 6) is 0. The van der Waals surface area contributed by atoms with Crippen LogP contribution in [0.1, 0.15) is 5.56 Å². The maximum atomic E-state index is 11.0. The highest BCUT2D eigenvalue weighted by Crippen LogP contribution is 2.23. The molecule has 2 rings (SSSR count). The van der Waals surface area contributed by atoms with Crippen LogP contribution in [0.25, 0.3) is 11.3 Å². The quantitative estimate of drug-likeness (QED) is 0.835. The Bertz CT molecular complexity index is 800. The van der Waals surface area contributed by atoms with Crippen molar-refractivity contribution >= 4 is 5.69 Å². The number of aromatic nitrogens is 2. The summed E-state index contributed by atoms with van der Waals surface area (Å²) in [6.45, 7) is 1.90. The predicted octanol–water partition coefficient (Wildman–Crippen LogP) is 2.09. The summed E-state index contributed by atoms with van der Waals surface area (Å²) in [6.07, 6.45) is 1.35. The predicted molar refractivity (Wildman–Crippen MR) is 78.0 cm³/mol. The third-order valence-electron chi connectivity index (χ3n) is 2.83. The van der Waals surface area contributed by atoms with Crippen LogP contribution in [0, 0.1) is 29.6 Å². The van der Waals surface area contributed by atoms with Gasteiger partial charge in [0.05, 0.1) is 5.69 Å². The van der Waals surface area contributed by atoms with Crippen molar-refractivity contribution < 1.29 is 0 Å². The van der Waals surface area contributed by atoms with E-state index < -0.39 is 0 Å². The molecule has 1 heterocycles. The molecule has 2 aromatic rings. The second-order valence-corrected chi connectivity index (χ2v) is 4.26. The Balaban J connectivity index is 2.36. The van der Waals surface area contributed by atoms with Crippen molar-refractivity contribution in [3.05, 3.63) is 58.0 Å². The van der Waals surface area contributed by atoms with Gasteiger partial charge in [-0.2, -0.15) is 15.6 Å². The van der Waals surface area contributed by atoms with Crippen LogP contribution in [0.4, 0.5) is 5.69 Å². The summed E-state index contributed by atoms with van der Waals surface area (Å²) in [5, 5.41) is 26.7. The number of nitriles is 2. The summed E-state index contributed by atoms with van der Waals surface area (Å²) in [4.78, 5) is 11.0. The largest absolute Gasteiger partial charge is 0.360 e. The standard InChI is InChI=1S/C15H11N5O/c1-10-2-3-12(13-4-5-15(21)20-19-13)6-14(10)18-9-11(7-16)8-17/h2-6,9,18H,1H3,(H,20,21). The number of benzene rings is 1. The Morgan fingerprint density at radius 3 is 2.67 bits per heavy atom. The Morgan fingerprint density at radius 1 is 1.29 bits per heavy atom. The molecule has 21 heavy (non-hydrogen) atoms. The molecule has 6 nitrogen and oxygen atoms in total. The number of nitrogens with one attached hydrogen (secondary N) is 2. The molecule has 0 fully saturated rings. The molecule has 0 aliphatic carbocycles. The topological polar surface area (TPSA) is 105 Å². The number of nitrogens with zero attached hydrogens (tertiary/aromatic N) is 3. The van der Waals surface area contributed by atoms with Crippen molar-refractivity contribution in [3.63, 3.8) is 0 Å². The van der Waals surface area contributed by atoms with E-state index in [1.807, 2.05) is 25.1 Å². The minimum absolute atomic E-state index is 0.0121. The van der Waals surface area contributed by atoms with Crippen LogP contribution in [0.2, 0.25) is 0 Å². The van der Waals surface area contributed by atoms with Crippen LogP contribution in [0.15, 0.2) is 46.9 Å². The summed E-state index contributed by atoms with van der Waals surface area (Å²) < 4.78 is 0. The zero-order valence-electron chi connectivity index (χ0n) is 11.2. The van der Waals surface area contributed by atoms with E-state index in [1.165, 1.54) is 12.3 Å². The van der Waals surface area contributed by atoms with E-state index in [0.717, 1.165) is 16.8 Å². The van der Waals surface area contributed by atoms with E-state index in [1.54, 1.807) is 18.2 Å². The highest BCUT2D eigenvalue weighted by Gasteiger charge is 2.04. The first-order chi connectivity index (χ1) is 10.1. The van der Waals surface area contributed by atoms with Gasteiger partial charge in [-0.3, -0.25) is 4.79 Å². The Hall–Kier alpha value is -3.38. The average molecular weight is 277 g/mol. The van der Waals surface area contributed by atoms with Crippen molar-refractivity contribution in [1.29, 1.82) is 10.5 Å². The molecule has 0 saturated carbocycles. The first-order valence-electron chi connectivity index (χ1n) is 6.07. The van der Waals surface area contributed by atoms with Gasteiger partial charge in [0.25, 0.3) is 5.56 Å². The maximum Gasteiger partial charge on any atom is 0.264 e. The first-order valence-corrected chi connectivity index (χ1v) is 6.07. The second-order valence-electron chi connectivity index (χ2n) is 4.26. The lowest BCUT2D eigenvalue weighted by molar-refractivity contribution is 0.995. The van der Waals surface area contributed by atoms with Crippen LogP contribution in [0.3, 0.4) is 0 Å². The Morgan fingerprint density at radius 2 is 2.05 bits per heavy atom. The van der Waals surface area contributed by atoms with Crippen LogP contribution in [-0.4, -0.2) is 10.2 Å². The van der Waals surface area contributed by atoms with Gasteiger partial charge in [-0.05, 0) is 24.6 Å². The molecule has 0 atom stereocenters. The molecule has 6 heteroatoms. The molecule has 1 aromatic heterocycles. The van der Waals surface area contributed by atoms with Crippen LogP contribution in [0.5, 0.6) is 0 Å². The minimum Gasteiger partial charge on any atom is -0.360 e. The minimum atomic E-state index is -0.264. The van der Waals surface area contributed by atoms with E-state index in [-0.39, 0.29) is 11.1 Å². The fraction of sp³-hybridized carbons (Fsp3) is 0.0667. The normalized spacial score (nSPS) is 9.29. The van der Waals surface area contributed by atoms with Gasteiger partial charge >= 0.3 is 0 Å². The van der Waals surface area contributed by atoms with E-state index in [2.05, 4.69) is 15.5 Å². The maximum absolute atomic E-state index is 11.0. The van der Waals surface area contributed by atoms with Crippen LogP contribution >= 0.6 is 0 Å². The first kappa shape index (κ1) is 14.0. The second kappa shape index (κ2) is 6.18. The highest BCUT2D eigenvalue weighted by atomic mass is 16.1. The molecule has 0 bridgehead atoms. The van der Waals surface area contributed by atoms with Gasteiger partial charge in [-0.25, -0.2) is 5.10 Å². The molecular formula is C15H11N5O. The van der Waals surface area contributed by atoms with Crippen molar-refractivity contribution in [2.75, 3.05) is 5.32 Å². The number of rotatable bonds is 3. The van der Waals surface area contributed by atoms with Gasteiger partial charge in [0.2, 0.25) is 0 Å². The lowest BCUT2D eigenvalue weighted by Crippen LogP contribution is -2.05. The fourth-order valence-corrected chi connectivity index (χ4v) is 1.68. The van der Waals surface area contributed by atoms with Crippen molar-refractivity contribution in [2.24, 2.45) is 0 Å². The Labute approximate surface area is 121 Å². The lowest BCUT2D eigenvalue weighted by Gasteiger charge is -2.08. The number of aromatic amines is 1. The molecule has 0 aliphatic heterocycles. The molecule has 0 amide bonds. The highest BCUT2D eigenvalue weighted by molar-refractivity contribution is 5.68. The van der Waals surface area contributed by atoms with Gasteiger partial charge in [0.1, 0.15) is 17.7 Å². The third-order valence-corrected chi connectivity index (χ3v) is 2.83. The molecule has 0 aliphatic rings. The molecule has 0 radical (unpaired) electrons. The number of aryl methyl sites for hydroxylation is 1. The van der Waals surface area contributed by atoms with Crippen molar-refractivity contribution in [2.45, 2.75) is 6.92 Å². The number of hydrogen-bond acceptors (Lipinski definition) is 5. The summed E-state index contributed by atoms with van der Waals surface area (Å²) in [6, 6.07) is 12.2. The van der Waals surface area contributed by atoms with Gasteiger partial charge in [-0.1, -0.05) is 12.1 Å². The van der Waals surface area contributed by atoms with E-state index in [4.69, 9.17) is 10.5 Å². The van der Waals surface area contributed by atoms with E-state index in [9.17, 15) is 4.79 Å². The summed E-state index contributed by atoms with van der Waals surface area (Å²) in [7, 11) is 0. The monoisotopic (exact) mass is 277 g/mol. The van der Waals surface area contributed by atoms with Gasteiger partial charge < -0.3 is 5.32 Å². The van der Waals surface area contributed by atoms with Crippen molar-refractivity contribution in [3.8, 4) is 23.4 Å². The van der Waals surface area contributed by atoms with Crippen molar-refractivity contribution in [1.82, 2.24) is 10.2 Å². The summed E-state index contributed by atoms with van der Waals surface area (Å²) in [5.41, 5.74) is 2.87. The van der Waals surface area contributed by atoms with Crippen LogP contribution < -0.4 is 10.9 Å². The average Bonchev–Trinajstić information content (AvgIpc) is 2.51. The smallest absolute Gasteiger partial charge is 0.264 e. The molecule has 102 valence electrons. The zero-order chi connectivity index (χ0) is 15.2. The lowest BCUT2D eigenvalue weighted by atomic mass is 10.1. The number of anilines is 1. The SMILES string of the molecule is Cc1ccc(-c2ccc(=O)[nH]n2)cc1NC=C(C#N)C#N. The number of hydrogen-bond donors (Lipinski definition) is 2. The number of H-pyrrole nitrogens is 1. The molecule has 0 saturated heterocycles. The molecular weight excluding hydrogens is 266 g/mol. The molecule has 1 aromatic carbocycles. The summed E-state index contributed by atoms with van der Waals surface area (Å²) >= 11 is 0. The molecule has 0 spiro atoms. The van der Waals surface area contributed by atoms with E-state index in [0.29, 0.717) is 5.69 Å². The van der Waals surface area contributed by atoms with E-state index >= 15 is 0 Å². The zero-order valence-corrected chi connectivity index (χ0v) is 11.2. The molecule has 2 N–H and O–H groups in total. The third kappa shape index (κ3) is 3.34. The Kier molecular flexibility index (Phi) is 4.13. The van der Waals surface area contributed by atoms with Gasteiger partial charge in [0, 0.05) is 23.5 Å². The van der Waals surface area contributed by atoms with Crippen LogP contribution in [-0.2, 0) is 0 Å². The van der Waals surface area contributed by atoms with Gasteiger partial charge in [0.15, 0.2) is 0 Å². The fourth-order valence-electron chi connectivity index (χ4n) is 1.68. The van der Waals surface area contributed by atoms with Gasteiger partial charge in [-0.15, -0.1) is 0 Å². The molecule has 0 unspecified atom stereocenters.